The van der Waals surface area contributed by atoms with Crippen LogP contribution in [-0.4, -0.2) is 48.4 Å². The average Bonchev–Trinajstić information content (AvgIpc) is 2.75. The molecule has 0 saturated carbocycles. The van der Waals surface area contributed by atoms with Crippen LogP contribution in [0, 0.1) is 27.6 Å². The number of nitrogens with one attached hydrogen (secondary N) is 2. The van der Waals surface area contributed by atoms with Crippen LogP contribution in [0.5, 0.6) is 0 Å². The molecule has 0 rings (SSSR count). The van der Waals surface area contributed by atoms with E-state index >= 15 is 0 Å². The Labute approximate surface area is 265 Å². The molecule has 0 aliphatic carbocycles. The molecule has 0 fully saturated rings. The molecule has 254 valence electrons. The van der Waals surface area contributed by atoms with E-state index in [0.29, 0.717) is 0 Å². The summed E-state index contributed by atoms with van der Waals surface area (Å²) in [6, 6.07) is 0. The van der Waals surface area contributed by atoms with Gasteiger partial charge in [0.2, 0.25) is 11.8 Å². The van der Waals surface area contributed by atoms with Crippen molar-refractivity contribution < 1.29 is 19.3 Å². The van der Waals surface area contributed by atoms with Gasteiger partial charge >= 0.3 is 0 Å². The monoisotopic (exact) mass is 613 g/mol. The van der Waals surface area contributed by atoms with Crippen LogP contribution in [0.2, 0.25) is 0 Å². The Morgan fingerprint density at radius 2 is 0.977 bits per heavy atom. The van der Waals surface area contributed by atoms with Crippen LogP contribution in [0.3, 0.4) is 0 Å². The zero-order valence-corrected chi connectivity index (χ0v) is 31.4. The van der Waals surface area contributed by atoms with Gasteiger partial charge in [-0.2, -0.15) is 10.2 Å². The highest BCUT2D eigenvalue weighted by Gasteiger charge is 2.20. The van der Waals surface area contributed by atoms with Crippen LogP contribution in [0.25, 0.3) is 0 Å². The molecule has 0 heterocycles. The Balaban J connectivity index is -0.000000239. The molecule has 2 amide bonds. The van der Waals surface area contributed by atoms with E-state index in [-0.39, 0.29) is 51.6 Å². The highest BCUT2D eigenvalue weighted by Crippen LogP contribution is 2.13. The minimum absolute atomic E-state index is 0.00512. The second-order valence-electron chi connectivity index (χ2n) is 15.5. The fourth-order valence-corrected chi connectivity index (χ4v) is 1.39. The topological polar surface area (TPSA) is 126 Å². The normalized spacial score (nSPS) is 12.3. The Morgan fingerprint density at radius 1 is 0.605 bits per heavy atom. The number of carbonyl (C=O) groups is 2. The summed E-state index contributed by atoms with van der Waals surface area (Å²) in [7, 11) is 0. The molecule has 10 nitrogen and oxygen atoms in total. The highest BCUT2D eigenvalue weighted by atomic mass is 16.6. The van der Waals surface area contributed by atoms with Gasteiger partial charge in [-0.05, 0) is 52.4 Å². The highest BCUT2D eigenvalue weighted by molar-refractivity contribution is 5.82. The van der Waals surface area contributed by atoms with Crippen LogP contribution in [-0.2, 0) is 19.3 Å². The summed E-state index contributed by atoms with van der Waals surface area (Å²) in [6.45, 7) is 39.3. The minimum Gasteiger partial charge on any atom is -0.393 e. The van der Waals surface area contributed by atoms with Crippen molar-refractivity contribution in [2.45, 2.75) is 151 Å². The molecule has 0 saturated heterocycles. The van der Waals surface area contributed by atoms with Crippen molar-refractivity contribution in [1.29, 1.82) is 0 Å². The number of carbonyl (C=O) groups excluding carboxylic acids is 2. The summed E-state index contributed by atoms with van der Waals surface area (Å²) < 4.78 is 0. The second kappa shape index (κ2) is 22.7. The zero-order chi connectivity index (χ0) is 35.2. The molecule has 0 unspecified atom stereocenters. The maximum atomic E-state index is 11.3. The van der Waals surface area contributed by atoms with Crippen LogP contribution in [0.1, 0.15) is 138 Å². The van der Waals surface area contributed by atoms with Crippen molar-refractivity contribution in [3.8, 4) is 0 Å². The third kappa shape index (κ3) is 49.2. The van der Waals surface area contributed by atoms with Crippen molar-refractivity contribution in [3.05, 3.63) is 0 Å². The van der Waals surface area contributed by atoms with E-state index in [9.17, 15) is 9.59 Å². The maximum absolute atomic E-state index is 11.3. The molecule has 0 bridgehead atoms. The van der Waals surface area contributed by atoms with E-state index in [1.165, 1.54) is 0 Å². The Kier molecular flexibility index (Phi) is 24.9. The van der Waals surface area contributed by atoms with Gasteiger partial charge in [-0.3, -0.25) is 9.59 Å². The summed E-state index contributed by atoms with van der Waals surface area (Å²) in [5, 5.41) is 15.3. The van der Waals surface area contributed by atoms with E-state index in [1.54, 1.807) is 12.4 Å². The summed E-state index contributed by atoms with van der Waals surface area (Å²) in [5.41, 5.74) is 5.70. The van der Waals surface area contributed by atoms with Crippen molar-refractivity contribution in [3.63, 3.8) is 0 Å². The van der Waals surface area contributed by atoms with Crippen molar-refractivity contribution in [2.75, 3.05) is 0 Å². The lowest BCUT2D eigenvalue weighted by Crippen LogP contribution is -2.31. The quantitative estimate of drug-likeness (QED) is 0.222. The predicted octanol–water partition coefficient (Wildman–Crippen LogP) is 8.22. The number of hydrazone groups is 2. The molecule has 0 spiro atoms. The lowest BCUT2D eigenvalue weighted by atomic mass is 9.96. The molecule has 43 heavy (non-hydrogen) atoms. The molecule has 0 aliphatic rings. The third-order valence-electron chi connectivity index (χ3n) is 3.61. The molecule has 10 heteroatoms. The molecule has 0 aliphatic heterocycles. The van der Waals surface area contributed by atoms with E-state index in [2.05, 4.69) is 52.1 Å². The lowest BCUT2D eigenvalue weighted by molar-refractivity contribution is -0.128. The molecule has 0 aromatic carbocycles. The number of rotatable bonds is 7. The van der Waals surface area contributed by atoms with E-state index < -0.39 is 0 Å². The maximum Gasteiger partial charge on any atom is 0.245 e. The summed E-state index contributed by atoms with van der Waals surface area (Å²) >= 11 is 0. The van der Waals surface area contributed by atoms with Gasteiger partial charge in [0.15, 0.2) is 0 Å². The first kappa shape index (κ1) is 47.2. The molecule has 0 atom stereocenters. The minimum atomic E-state index is -0.380. The van der Waals surface area contributed by atoms with Gasteiger partial charge < -0.3 is 9.68 Å². The van der Waals surface area contributed by atoms with Crippen LogP contribution < -0.4 is 10.9 Å². The van der Waals surface area contributed by atoms with Gasteiger partial charge in [-0.25, -0.2) is 10.9 Å². The number of hydrogen-bond acceptors (Lipinski definition) is 8. The summed E-state index contributed by atoms with van der Waals surface area (Å²) in [6.07, 6.45) is 5.65. The van der Waals surface area contributed by atoms with E-state index in [4.69, 9.17) is 9.68 Å². The van der Waals surface area contributed by atoms with E-state index in [0.717, 1.165) is 5.71 Å². The number of amides is 2. The summed E-state index contributed by atoms with van der Waals surface area (Å²) in [5.74, 6) is -0.120. The third-order valence-corrected chi connectivity index (χ3v) is 3.61. The largest absolute Gasteiger partial charge is 0.393 e. The van der Waals surface area contributed by atoms with Crippen molar-refractivity contribution in [2.24, 2.45) is 48.1 Å². The Hall–Kier alpha value is -2.78. The zero-order valence-electron chi connectivity index (χ0n) is 31.4. The second-order valence-corrected chi connectivity index (χ2v) is 15.5. The van der Waals surface area contributed by atoms with Gasteiger partial charge in [-0.1, -0.05) is 107 Å². The Morgan fingerprint density at radius 3 is 1.23 bits per heavy atom. The Bertz CT molecular complexity index is 858. The van der Waals surface area contributed by atoms with Crippen LogP contribution >= 0.6 is 0 Å². The van der Waals surface area contributed by atoms with Gasteiger partial charge in [0.25, 0.3) is 0 Å². The van der Waals surface area contributed by atoms with Crippen LogP contribution in [0.15, 0.2) is 20.5 Å². The molecular weight excluding hydrogens is 544 g/mol. The standard InChI is InChI=1S/C10H20N2O.C9H18N2O.C8H17NO.C6H13NO/c1-9(2,3)7-11-12-8(13)10(4,5)6;1-7(2)8(12)11-10-6-9(3,4)5;1-7(2)10-9-6-8(3,4)5;1-5(2)7-8-6(3)4/h7H,1-6H3,(H,12,13);6-7H,1-5H3,(H,11,12);6-7H,1-5H3;6H,1-4H3/b11-7+;10-6+;9-6+;. The van der Waals surface area contributed by atoms with Gasteiger partial charge in [0.1, 0.15) is 12.2 Å². The number of hydrogen-bond donors (Lipinski definition) is 2. The number of oxime groups is 2. The summed E-state index contributed by atoms with van der Waals surface area (Å²) in [4.78, 5) is 32.2. The van der Waals surface area contributed by atoms with Gasteiger partial charge in [0.05, 0.1) is 5.71 Å². The fraction of sp³-hybridized carbons (Fsp3) is 0.818. The van der Waals surface area contributed by atoms with E-state index in [1.807, 2.05) is 124 Å². The van der Waals surface area contributed by atoms with Crippen LogP contribution in [0.4, 0.5) is 0 Å². The van der Waals surface area contributed by atoms with Gasteiger partial charge in [0, 0.05) is 35.4 Å². The number of nitrogens with zero attached hydrogens (tertiary/aromatic N) is 4. The SMILES string of the molecule is CC(C)(C)/C=N/NC(=O)C(C)(C)C.CC(C)=NOC(C)C.CC(C)C(=O)N/N=C/C(C)(C)C.CC(C)O/N=C/C(C)(C)C. The molecule has 0 radical (unpaired) electrons. The molecule has 2 N–H and O–H groups in total. The van der Waals surface area contributed by atoms with Gasteiger partial charge in [-0.15, -0.1) is 0 Å². The lowest BCUT2D eigenvalue weighted by Gasteiger charge is -2.16. The molecule has 0 aromatic heterocycles. The smallest absolute Gasteiger partial charge is 0.245 e. The van der Waals surface area contributed by atoms with Crippen molar-refractivity contribution in [1.82, 2.24) is 10.9 Å². The first-order valence-electron chi connectivity index (χ1n) is 15.1. The molecular formula is C33H68N6O4. The average molecular weight is 613 g/mol. The predicted molar refractivity (Wildman–Crippen MR) is 186 cm³/mol. The first-order chi connectivity index (χ1) is 19.0. The first-order valence-corrected chi connectivity index (χ1v) is 15.1. The van der Waals surface area contributed by atoms with Crippen molar-refractivity contribution >= 4 is 36.2 Å². The fourth-order valence-electron chi connectivity index (χ4n) is 1.39. The molecule has 0 aromatic rings.